The van der Waals surface area contributed by atoms with Crippen LogP contribution in [0.1, 0.15) is 39.9 Å². The van der Waals surface area contributed by atoms with Crippen LogP contribution < -0.4 is 10.6 Å². The molecule has 1 saturated heterocycles. The first kappa shape index (κ1) is 23.5. The van der Waals surface area contributed by atoms with Gasteiger partial charge in [0.1, 0.15) is 12.1 Å². The van der Waals surface area contributed by atoms with Crippen LogP contribution in [0, 0.1) is 0 Å². The zero-order valence-corrected chi connectivity index (χ0v) is 21.5. The van der Waals surface area contributed by atoms with E-state index in [4.69, 9.17) is 0 Å². The van der Waals surface area contributed by atoms with Crippen molar-refractivity contribution >= 4 is 28.2 Å². The van der Waals surface area contributed by atoms with Gasteiger partial charge in [-0.05, 0) is 59.5 Å². The standard InChI is InChI=1S/C31H29N7O/c39-30-26-3-1-2-25-23(8-9-27(35-30)29(25)26)18-21-4-6-22(7-5-21)19-37-15-11-24(12-16-37)34-28-10-13-33-31(36-28)38-17-14-32-20-38/h1-10,13-14,17,20,24H,11-12,15-16,18-19H2,(H,35,39)(H,33,34,36). The quantitative estimate of drug-likeness (QED) is 0.316. The highest BCUT2D eigenvalue weighted by Crippen LogP contribution is 2.35. The van der Waals surface area contributed by atoms with Crippen LogP contribution >= 0.6 is 0 Å². The van der Waals surface area contributed by atoms with Gasteiger partial charge in [-0.1, -0.05) is 42.5 Å². The summed E-state index contributed by atoms with van der Waals surface area (Å²) in [6, 6.07) is 21.5. The average molecular weight is 516 g/mol. The summed E-state index contributed by atoms with van der Waals surface area (Å²) in [5.74, 6) is 1.47. The molecule has 0 aliphatic carbocycles. The van der Waals surface area contributed by atoms with Crippen molar-refractivity contribution in [2.45, 2.75) is 31.8 Å². The van der Waals surface area contributed by atoms with Crippen LogP contribution in [-0.4, -0.2) is 49.5 Å². The van der Waals surface area contributed by atoms with E-state index in [1.54, 1.807) is 18.7 Å². The first-order valence-corrected chi connectivity index (χ1v) is 13.4. The first-order valence-electron chi connectivity index (χ1n) is 13.4. The molecule has 1 fully saturated rings. The lowest BCUT2D eigenvalue weighted by Crippen LogP contribution is -2.38. The van der Waals surface area contributed by atoms with Gasteiger partial charge in [0.2, 0.25) is 5.95 Å². The van der Waals surface area contributed by atoms with E-state index in [2.05, 4.69) is 66.9 Å². The van der Waals surface area contributed by atoms with E-state index in [0.29, 0.717) is 12.0 Å². The molecule has 0 atom stereocenters. The Balaban J connectivity index is 0.951. The second kappa shape index (κ2) is 9.96. The van der Waals surface area contributed by atoms with Crippen LogP contribution in [0.25, 0.3) is 16.7 Å². The Morgan fingerprint density at radius 2 is 1.79 bits per heavy atom. The summed E-state index contributed by atoms with van der Waals surface area (Å²) in [6.07, 6.45) is 10.1. The Labute approximate surface area is 226 Å². The number of carbonyl (C=O) groups excluding carboxylic acids is 1. The van der Waals surface area contributed by atoms with Gasteiger partial charge in [0.25, 0.3) is 5.91 Å². The molecule has 8 nitrogen and oxygen atoms in total. The molecule has 0 bridgehead atoms. The van der Waals surface area contributed by atoms with Gasteiger partial charge in [-0.3, -0.25) is 14.3 Å². The molecule has 2 aliphatic rings. The summed E-state index contributed by atoms with van der Waals surface area (Å²) < 4.78 is 1.81. The van der Waals surface area contributed by atoms with Crippen molar-refractivity contribution in [3.8, 4) is 5.95 Å². The Morgan fingerprint density at radius 1 is 0.949 bits per heavy atom. The maximum absolute atomic E-state index is 12.2. The number of nitrogens with zero attached hydrogens (tertiary/aromatic N) is 5. The predicted octanol–water partition coefficient (Wildman–Crippen LogP) is 5.05. The minimum atomic E-state index is -0.00862. The van der Waals surface area contributed by atoms with Crippen molar-refractivity contribution in [1.29, 1.82) is 0 Å². The first-order chi connectivity index (χ1) is 19.2. The van der Waals surface area contributed by atoms with Gasteiger partial charge in [0.15, 0.2) is 0 Å². The number of nitrogens with one attached hydrogen (secondary N) is 2. The molecule has 0 saturated carbocycles. The molecular weight excluding hydrogens is 486 g/mol. The number of anilines is 2. The molecule has 1 amide bonds. The molecule has 2 N–H and O–H groups in total. The highest BCUT2D eigenvalue weighted by Gasteiger charge is 2.22. The molecular formula is C31H29N7O. The highest BCUT2D eigenvalue weighted by atomic mass is 16.1. The largest absolute Gasteiger partial charge is 0.367 e. The Kier molecular flexibility index (Phi) is 6.01. The van der Waals surface area contributed by atoms with E-state index >= 15 is 0 Å². The number of hydrogen-bond donors (Lipinski definition) is 2. The topological polar surface area (TPSA) is 88.0 Å². The Hall–Kier alpha value is -4.56. The number of piperidine rings is 1. The van der Waals surface area contributed by atoms with Crippen LogP contribution in [0.3, 0.4) is 0 Å². The van der Waals surface area contributed by atoms with E-state index in [0.717, 1.165) is 66.7 Å². The Bertz CT molecular complexity index is 1640. The summed E-state index contributed by atoms with van der Waals surface area (Å²) in [7, 11) is 0. The van der Waals surface area contributed by atoms with Gasteiger partial charge in [-0.2, -0.15) is 4.98 Å². The summed E-state index contributed by atoms with van der Waals surface area (Å²) in [4.78, 5) is 27.8. The molecule has 0 unspecified atom stereocenters. The average Bonchev–Trinajstić information content (AvgIpc) is 3.62. The molecule has 2 aromatic heterocycles. The number of hydrogen-bond acceptors (Lipinski definition) is 6. The van der Waals surface area contributed by atoms with E-state index in [1.807, 2.05) is 35.0 Å². The third-order valence-electron chi connectivity index (χ3n) is 7.77. The summed E-state index contributed by atoms with van der Waals surface area (Å²) >= 11 is 0. The maximum Gasteiger partial charge on any atom is 0.256 e. The minimum Gasteiger partial charge on any atom is -0.367 e. The maximum atomic E-state index is 12.2. The van der Waals surface area contributed by atoms with Crippen LogP contribution in [0.15, 0.2) is 85.6 Å². The second-order valence-corrected chi connectivity index (χ2v) is 10.4. The monoisotopic (exact) mass is 515 g/mol. The van der Waals surface area contributed by atoms with E-state index in [-0.39, 0.29) is 5.91 Å². The van der Waals surface area contributed by atoms with Gasteiger partial charge < -0.3 is 10.6 Å². The fourth-order valence-electron chi connectivity index (χ4n) is 5.72. The van der Waals surface area contributed by atoms with Gasteiger partial charge >= 0.3 is 0 Å². The van der Waals surface area contributed by atoms with Gasteiger partial charge in [-0.15, -0.1) is 0 Å². The zero-order valence-electron chi connectivity index (χ0n) is 21.5. The fraction of sp³-hybridized carbons (Fsp3) is 0.226. The normalized spacial score (nSPS) is 15.5. The third-order valence-corrected chi connectivity index (χ3v) is 7.77. The molecule has 4 heterocycles. The molecule has 39 heavy (non-hydrogen) atoms. The molecule has 5 aromatic rings. The SMILES string of the molecule is O=C1Nc2ccc(Cc3ccc(CN4CCC(Nc5ccnc(-n6ccnc6)n5)CC4)cc3)c3cccc1c23. The molecule has 0 radical (unpaired) electrons. The second-order valence-electron chi connectivity index (χ2n) is 10.4. The molecule has 0 spiro atoms. The lowest BCUT2D eigenvalue weighted by Gasteiger charge is -2.32. The lowest BCUT2D eigenvalue weighted by molar-refractivity contribution is 0.103. The van der Waals surface area contributed by atoms with Gasteiger partial charge in [0.05, 0.1) is 0 Å². The van der Waals surface area contributed by atoms with Crippen molar-refractivity contribution in [2.75, 3.05) is 23.7 Å². The van der Waals surface area contributed by atoms with Crippen molar-refractivity contribution in [1.82, 2.24) is 24.4 Å². The van der Waals surface area contributed by atoms with Gasteiger partial charge in [0, 0.05) is 60.9 Å². The predicted molar refractivity (Wildman–Crippen MR) is 152 cm³/mol. The van der Waals surface area contributed by atoms with Crippen LogP contribution in [0.5, 0.6) is 0 Å². The van der Waals surface area contributed by atoms with E-state index < -0.39 is 0 Å². The summed E-state index contributed by atoms with van der Waals surface area (Å²) in [5, 5.41) is 8.77. The van der Waals surface area contributed by atoms with Crippen LogP contribution in [0.2, 0.25) is 0 Å². The van der Waals surface area contributed by atoms with Gasteiger partial charge in [-0.25, -0.2) is 9.97 Å². The molecule has 194 valence electrons. The van der Waals surface area contributed by atoms with E-state index in [9.17, 15) is 4.79 Å². The third kappa shape index (κ3) is 4.75. The number of rotatable bonds is 7. The molecule has 2 aliphatic heterocycles. The van der Waals surface area contributed by atoms with E-state index in [1.165, 1.54) is 16.7 Å². The number of imidazole rings is 1. The molecule has 7 rings (SSSR count). The van der Waals surface area contributed by atoms with Crippen LogP contribution in [0.4, 0.5) is 11.5 Å². The van der Waals surface area contributed by atoms with Crippen molar-refractivity contribution in [3.63, 3.8) is 0 Å². The minimum absolute atomic E-state index is 0.00862. The number of aromatic nitrogens is 4. The summed E-state index contributed by atoms with van der Waals surface area (Å²) in [6.45, 7) is 3.05. The lowest BCUT2D eigenvalue weighted by atomic mass is 9.95. The highest BCUT2D eigenvalue weighted by molar-refractivity contribution is 6.24. The molecule has 3 aromatic carbocycles. The van der Waals surface area contributed by atoms with Crippen LogP contribution in [-0.2, 0) is 13.0 Å². The van der Waals surface area contributed by atoms with Crippen molar-refractivity contribution < 1.29 is 4.79 Å². The molecule has 8 heteroatoms. The summed E-state index contributed by atoms with van der Waals surface area (Å²) in [5.41, 5.74) is 5.55. The Morgan fingerprint density at radius 3 is 2.62 bits per heavy atom. The van der Waals surface area contributed by atoms with Crippen molar-refractivity contribution in [3.05, 3.63) is 108 Å². The number of amides is 1. The zero-order chi connectivity index (χ0) is 26.2. The van der Waals surface area contributed by atoms with Crippen molar-refractivity contribution in [2.24, 2.45) is 0 Å². The number of carbonyl (C=O) groups is 1. The number of benzene rings is 3. The smallest absolute Gasteiger partial charge is 0.256 e. The fourth-order valence-corrected chi connectivity index (χ4v) is 5.72. The number of likely N-dealkylation sites (tertiary alicyclic amines) is 1.